The largest absolute Gasteiger partial charge is 0.127 e. The minimum Gasteiger partial charge on any atom is -0.127 e. The van der Waals surface area contributed by atoms with Crippen LogP contribution in [-0.4, -0.2) is 5.88 Å². The molecule has 0 aliphatic carbocycles. The predicted octanol–water partition coefficient (Wildman–Crippen LogP) is 1.64. The molecule has 0 aromatic carbocycles. The summed E-state index contributed by atoms with van der Waals surface area (Å²) in [5.74, 6) is 0.628. The maximum Gasteiger partial charge on any atom is 0.0231 e. The SMILES string of the molecule is [2H]CCCCl. The Hall–Kier alpha value is 0.290. The Morgan fingerprint density at radius 1 is 2.25 bits per heavy atom. The van der Waals surface area contributed by atoms with Crippen LogP contribution in [0, 0.1) is 0 Å². The van der Waals surface area contributed by atoms with Gasteiger partial charge in [-0.3, -0.25) is 0 Å². The Balaban J connectivity index is 2.19. The van der Waals surface area contributed by atoms with Crippen LogP contribution >= 0.6 is 11.6 Å². The number of rotatable bonds is 1. The number of alkyl halides is 1. The third kappa shape index (κ3) is 2.29. The second-order valence-electron chi connectivity index (χ2n) is 0.543. The molecule has 0 saturated carbocycles. The van der Waals surface area contributed by atoms with Crippen molar-refractivity contribution in [2.24, 2.45) is 0 Å². The molecule has 0 bridgehead atoms. The molecule has 0 amide bonds. The van der Waals surface area contributed by atoms with E-state index in [2.05, 4.69) is 0 Å². The Morgan fingerprint density at radius 3 is 3.00 bits per heavy atom. The third-order valence-electron chi connectivity index (χ3n) is 0.134. The molecule has 0 fully saturated rings. The Bertz CT molecular complexity index is 14.4. The van der Waals surface area contributed by atoms with Gasteiger partial charge in [0, 0.05) is 7.25 Å². The highest BCUT2D eigenvalue weighted by Crippen LogP contribution is 1.75. The summed E-state index contributed by atoms with van der Waals surface area (Å²) in [4.78, 5) is 0. The summed E-state index contributed by atoms with van der Waals surface area (Å²) in [6.07, 6.45) is 0.821. The van der Waals surface area contributed by atoms with E-state index >= 15 is 0 Å². The lowest BCUT2D eigenvalue weighted by Gasteiger charge is -1.65. The maximum atomic E-state index is 6.52. The molecule has 4 heavy (non-hydrogen) atoms. The molecule has 26 valence electrons. The molecule has 0 saturated heterocycles. The second kappa shape index (κ2) is 3.29. The quantitative estimate of drug-likeness (QED) is 0.419. The molecule has 0 aromatic heterocycles. The third-order valence-corrected chi connectivity index (χ3v) is 0.401. The minimum absolute atomic E-state index is 0.462. The van der Waals surface area contributed by atoms with Crippen molar-refractivity contribution in [3.05, 3.63) is 0 Å². The molecule has 0 rings (SSSR count). The van der Waals surface area contributed by atoms with Gasteiger partial charge in [0.25, 0.3) is 0 Å². The van der Waals surface area contributed by atoms with Crippen LogP contribution in [0.5, 0.6) is 0 Å². The van der Waals surface area contributed by atoms with Crippen LogP contribution in [0.15, 0.2) is 0 Å². The lowest BCUT2D eigenvalue weighted by molar-refractivity contribution is 1.10. The molecular formula is C3H7Cl. The van der Waals surface area contributed by atoms with Gasteiger partial charge >= 0.3 is 0 Å². The highest BCUT2D eigenvalue weighted by molar-refractivity contribution is 6.17. The van der Waals surface area contributed by atoms with Gasteiger partial charge in [0.05, 0.1) is 0 Å². The van der Waals surface area contributed by atoms with Crippen LogP contribution in [-0.2, 0) is 0 Å². The van der Waals surface area contributed by atoms with Gasteiger partial charge in [-0.2, -0.15) is 0 Å². The second-order valence-corrected chi connectivity index (χ2v) is 0.921. The van der Waals surface area contributed by atoms with Gasteiger partial charge in [0.1, 0.15) is 0 Å². The molecule has 0 aliphatic heterocycles. The zero-order chi connectivity index (χ0) is 4.12. The lowest BCUT2D eigenvalue weighted by Crippen LogP contribution is -1.55. The Labute approximate surface area is 33.2 Å². The van der Waals surface area contributed by atoms with Gasteiger partial charge in [-0.1, -0.05) is 6.90 Å². The first-order chi connectivity index (χ1) is 2.41. The summed E-state index contributed by atoms with van der Waals surface area (Å²) in [6.45, 7) is 0.462. The molecule has 0 heterocycles. The smallest absolute Gasteiger partial charge is 0.0231 e. The topological polar surface area (TPSA) is 0 Å². The lowest BCUT2D eigenvalue weighted by atomic mass is 10.6. The summed E-state index contributed by atoms with van der Waals surface area (Å²) in [7, 11) is 0. The van der Waals surface area contributed by atoms with Crippen molar-refractivity contribution in [3.63, 3.8) is 0 Å². The number of hydrogen-bond donors (Lipinski definition) is 0. The van der Waals surface area contributed by atoms with Crippen molar-refractivity contribution in [1.29, 1.82) is 0 Å². The first-order valence-electron chi connectivity index (χ1n) is 1.97. The van der Waals surface area contributed by atoms with Crippen molar-refractivity contribution >= 4 is 11.6 Å². The van der Waals surface area contributed by atoms with Crippen LogP contribution in [0.25, 0.3) is 0 Å². The van der Waals surface area contributed by atoms with E-state index in [1.54, 1.807) is 0 Å². The summed E-state index contributed by atoms with van der Waals surface area (Å²) in [5, 5.41) is 0. The van der Waals surface area contributed by atoms with Crippen molar-refractivity contribution in [2.45, 2.75) is 13.3 Å². The molecule has 0 N–H and O–H groups in total. The fourth-order valence-corrected chi connectivity index (χ4v) is 0. The van der Waals surface area contributed by atoms with E-state index < -0.39 is 0 Å². The molecule has 0 spiro atoms. The Kier molecular flexibility index (Phi) is 2.08. The van der Waals surface area contributed by atoms with E-state index in [4.69, 9.17) is 13.0 Å². The number of halogens is 1. The van der Waals surface area contributed by atoms with Gasteiger partial charge < -0.3 is 0 Å². The zero-order valence-corrected chi connectivity index (χ0v) is 3.26. The standard InChI is InChI=1S/C3H7Cl/c1-2-3-4/h2-3H2,1H3/i1D. The maximum absolute atomic E-state index is 6.52. The molecule has 1 heteroatoms. The van der Waals surface area contributed by atoms with Crippen molar-refractivity contribution in [2.75, 3.05) is 5.88 Å². The van der Waals surface area contributed by atoms with Gasteiger partial charge in [-0.25, -0.2) is 0 Å². The van der Waals surface area contributed by atoms with Gasteiger partial charge in [0.15, 0.2) is 0 Å². The van der Waals surface area contributed by atoms with Gasteiger partial charge in [-0.15, -0.1) is 11.6 Å². The van der Waals surface area contributed by atoms with Crippen molar-refractivity contribution < 1.29 is 1.37 Å². The Morgan fingerprint density at radius 2 is 3.00 bits per heavy atom. The summed E-state index contributed by atoms with van der Waals surface area (Å²) >= 11 is 5.18. The normalized spacial score (nSPS) is 10.8. The predicted molar refractivity (Wildman–Crippen MR) is 21.0 cm³/mol. The average molecular weight is 79.5 g/mol. The van der Waals surface area contributed by atoms with Crippen LogP contribution < -0.4 is 0 Å². The fourth-order valence-electron chi connectivity index (χ4n) is 0. The van der Waals surface area contributed by atoms with Crippen LogP contribution in [0.4, 0.5) is 0 Å². The van der Waals surface area contributed by atoms with Gasteiger partial charge in [-0.05, 0) is 6.42 Å². The number of hydrogen-bond acceptors (Lipinski definition) is 0. The van der Waals surface area contributed by atoms with E-state index in [0.29, 0.717) is 12.8 Å². The summed E-state index contributed by atoms with van der Waals surface area (Å²) in [6, 6.07) is 0. The van der Waals surface area contributed by atoms with Crippen molar-refractivity contribution in [3.8, 4) is 0 Å². The zero-order valence-electron chi connectivity index (χ0n) is 3.50. The molecule has 0 aromatic rings. The highest BCUT2D eigenvalue weighted by Gasteiger charge is 1.59. The molecule has 0 unspecified atom stereocenters. The average Bonchev–Trinajstić information content (AvgIpc) is 1.41. The first-order valence-corrected chi connectivity index (χ1v) is 1.80. The van der Waals surface area contributed by atoms with Crippen LogP contribution in [0.3, 0.4) is 0 Å². The molecule has 0 nitrogen and oxygen atoms in total. The van der Waals surface area contributed by atoms with Crippen LogP contribution in [0.1, 0.15) is 14.7 Å². The van der Waals surface area contributed by atoms with E-state index in [1.807, 2.05) is 0 Å². The molecule has 0 aliphatic rings. The fraction of sp³-hybridized carbons (Fsp3) is 1.00. The van der Waals surface area contributed by atoms with E-state index in [-0.39, 0.29) is 0 Å². The highest BCUT2D eigenvalue weighted by atomic mass is 35.5. The van der Waals surface area contributed by atoms with E-state index in [1.165, 1.54) is 0 Å². The van der Waals surface area contributed by atoms with Crippen molar-refractivity contribution in [1.82, 2.24) is 0 Å². The molecular weight excluding hydrogens is 71.5 g/mol. The minimum atomic E-state index is 0.462. The molecule has 0 atom stereocenters. The summed E-state index contributed by atoms with van der Waals surface area (Å²) in [5.41, 5.74) is 0. The van der Waals surface area contributed by atoms with E-state index in [0.717, 1.165) is 6.42 Å². The van der Waals surface area contributed by atoms with Gasteiger partial charge in [0.2, 0.25) is 0 Å². The van der Waals surface area contributed by atoms with E-state index in [9.17, 15) is 0 Å². The first kappa shape index (κ1) is 2.52. The van der Waals surface area contributed by atoms with Crippen LogP contribution in [0.2, 0.25) is 0 Å². The summed E-state index contributed by atoms with van der Waals surface area (Å²) < 4.78 is 6.52. The molecule has 0 radical (unpaired) electrons. The monoisotopic (exact) mass is 79.0 g/mol.